The Morgan fingerprint density at radius 2 is 1.82 bits per heavy atom. The fourth-order valence-corrected chi connectivity index (χ4v) is 3.88. The van der Waals surface area contributed by atoms with Gasteiger partial charge < -0.3 is 20.1 Å². The van der Waals surface area contributed by atoms with Gasteiger partial charge in [-0.05, 0) is 45.4 Å². The van der Waals surface area contributed by atoms with Crippen molar-refractivity contribution in [2.24, 2.45) is 0 Å². The van der Waals surface area contributed by atoms with Crippen LogP contribution >= 0.6 is 0 Å². The number of ether oxygens (including phenoxy) is 1. The van der Waals surface area contributed by atoms with E-state index in [1.165, 1.54) is 6.07 Å². The van der Waals surface area contributed by atoms with Crippen molar-refractivity contribution in [3.05, 3.63) is 48.0 Å². The van der Waals surface area contributed by atoms with E-state index in [1.54, 1.807) is 17.0 Å². The normalized spacial score (nSPS) is 16.6. The second-order valence-corrected chi connectivity index (χ2v) is 9.23. The predicted octanol–water partition coefficient (Wildman–Crippen LogP) is 5.44. The van der Waals surface area contributed by atoms with Crippen molar-refractivity contribution in [3.63, 3.8) is 0 Å². The first-order valence-electron chi connectivity index (χ1n) is 10.8. The third-order valence-corrected chi connectivity index (χ3v) is 5.45. The van der Waals surface area contributed by atoms with E-state index >= 15 is 0 Å². The first-order valence-corrected chi connectivity index (χ1v) is 10.8. The van der Waals surface area contributed by atoms with Gasteiger partial charge in [0, 0.05) is 35.5 Å². The van der Waals surface area contributed by atoms with Crippen LogP contribution in [-0.4, -0.2) is 51.0 Å². The largest absolute Gasteiger partial charge is 0.507 e. The zero-order valence-corrected chi connectivity index (χ0v) is 19.0. The molecule has 2 N–H and O–H groups in total. The SMILES string of the molecule is CC(C)(C)OC(=O)N1CCC(Nc2nnc(-c3ccc(C(F)(F)F)cc3O)c3ccccc23)C1. The summed E-state index contributed by atoms with van der Waals surface area (Å²) >= 11 is 0. The number of aromatic nitrogens is 2. The highest BCUT2D eigenvalue weighted by Gasteiger charge is 2.32. The van der Waals surface area contributed by atoms with E-state index in [0.717, 1.165) is 6.07 Å². The highest BCUT2D eigenvalue weighted by atomic mass is 19.4. The van der Waals surface area contributed by atoms with Crippen LogP contribution in [0.3, 0.4) is 0 Å². The molecule has 3 aromatic rings. The fraction of sp³-hybridized carbons (Fsp3) is 0.375. The van der Waals surface area contributed by atoms with E-state index in [2.05, 4.69) is 15.5 Å². The summed E-state index contributed by atoms with van der Waals surface area (Å²) in [6, 6.07) is 9.88. The molecule has 1 atom stereocenters. The Kier molecular flexibility index (Phi) is 6.01. The molecule has 1 aliphatic rings. The molecule has 1 saturated heterocycles. The van der Waals surface area contributed by atoms with Crippen molar-refractivity contribution in [1.82, 2.24) is 15.1 Å². The topological polar surface area (TPSA) is 87.6 Å². The van der Waals surface area contributed by atoms with Gasteiger partial charge in [0.25, 0.3) is 0 Å². The molecule has 2 aromatic carbocycles. The number of likely N-dealkylation sites (tertiary alicyclic amines) is 1. The van der Waals surface area contributed by atoms with Crippen LogP contribution in [0.5, 0.6) is 5.75 Å². The number of nitrogens with zero attached hydrogens (tertiary/aromatic N) is 3. The van der Waals surface area contributed by atoms with Gasteiger partial charge in [-0.15, -0.1) is 10.2 Å². The van der Waals surface area contributed by atoms with E-state index in [-0.39, 0.29) is 23.4 Å². The Labute approximate surface area is 194 Å². The number of rotatable bonds is 3. The lowest BCUT2D eigenvalue weighted by atomic mass is 10.0. The monoisotopic (exact) mass is 474 g/mol. The number of amides is 1. The summed E-state index contributed by atoms with van der Waals surface area (Å²) in [7, 11) is 0. The van der Waals surface area contributed by atoms with Gasteiger partial charge in [0.15, 0.2) is 5.82 Å². The van der Waals surface area contributed by atoms with Crippen molar-refractivity contribution in [1.29, 1.82) is 0 Å². The Hall–Kier alpha value is -3.56. The highest BCUT2D eigenvalue weighted by molar-refractivity contribution is 6.00. The highest BCUT2D eigenvalue weighted by Crippen LogP contribution is 2.38. The second kappa shape index (κ2) is 8.66. The number of anilines is 1. The van der Waals surface area contributed by atoms with Gasteiger partial charge >= 0.3 is 12.3 Å². The molecular weight excluding hydrogens is 449 g/mol. The molecule has 2 heterocycles. The van der Waals surface area contributed by atoms with Gasteiger partial charge in [-0.3, -0.25) is 0 Å². The summed E-state index contributed by atoms with van der Waals surface area (Å²) in [6.45, 7) is 6.42. The van der Waals surface area contributed by atoms with Gasteiger partial charge in [-0.2, -0.15) is 13.2 Å². The van der Waals surface area contributed by atoms with Gasteiger partial charge in [0.2, 0.25) is 0 Å². The molecule has 0 bridgehead atoms. The van der Waals surface area contributed by atoms with Crippen LogP contribution in [0.15, 0.2) is 42.5 Å². The van der Waals surface area contributed by atoms with Crippen LogP contribution in [0.4, 0.5) is 23.8 Å². The maximum atomic E-state index is 13.0. The standard InChI is InChI=1S/C24H25F3N4O3/c1-23(2,3)34-22(33)31-11-10-15(13-31)28-21-17-7-5-4-6-16(17)20(29-30-21)18-9-8-14(12-19(18)32)24(25,26)27/h4-9,12,15,32H,10-11,13H2,1-3H3,(H,28,30). The number of benzene rings is 2. The third kappa shape index (κ3) is 5.00. The second-order valence-electron chi connectivity index (χ2n) is 9.23. The summed E-state index contributed by atoms with van der Waals surface area (Å²) in [5.41, 5.74) is -1.10. The van der Waals surface area contributed by atoms with Crippen LogP contribution in [0.2, 0.25) is 0 Å². The molecular formula is C24H25F3N4O3. The Bertz CT molecular complexity index is 1220. The smallest absolute Gasteiger partial charge is 0.416 e. The van der Waals surface area contributed by atoms with Crippen LogP contribution < -0.4 is 5.32 Å². The molecule has 1 amide bonds. The number of carbonyl (C=O) groups is 1. The fourth-order valence-electron chi connectivity index (χ4n) is 3.88. The average molecular weight is 474 g/mol. The molecule has 180 valence electrons. The van der Waals surface area contributed by atoms with Crippen LogP contribution in [0.25, 0.3) is 22.0 Å². The van der Waals surface area contributed by atoms with Gasteiger partial charge in [0.05, 0.1) is 5.56 Å². The molecule has 0 saturated carbocycles. The van der Waals surface area contributed by atoms with E-state index < -0.39 is 23.1 Å². The number of halogens is 3. The molecule has 34 heavy (non-hydrogen) atoms. The number of alkyl halides is 3. The van der Waals surface area contributed by atoms with Crippen molar-refractivity contribution in [3.8, 4) is 17.0 Å². The number of aromatic hydroxyl groups is 1. The lowest BCUT2D eigenvalue weighted by molar-refractivity contribution is -0.137. The van der Waals surface area contributed by atoms with E-state index in [9.17, 15) is 23.1 Å². The van der Waals surface area contributed by atoms with Crippen molar-refractivity contribution in [2.75, 3.05) is 18.4 Å². The first kappa shape index (κ1) is 23.6. The van der Waals surface area contributed by atoms with Gasteiger partial charge in [-0.25, -0.2) is 4.79 Å². The van der Waals surface area contributed by atoms with E-state index in [0.29, 0.717) is 42.2 Å². The number of phenols is 1. The number of fused-ring (bicyclic) bond motifs is 1. The molecule has 0 radical (unpaired) electrons. The lowest BCUT2D eigenvalue weighted by Gasteiger charge is -2.24. The van der Waals surface area contributed by atoms with Crippen LogP contribution in [0.1, 0.15) is 32.8 Å². The maximum Gasteiger partial charge on any atom is 0.416 e. The molecule has 4 rings (SSSR count). The summed E-state index contributed by atoms with van der Waals surface area (Å²) < 4.78 is 44.4. The van der Waals surface area contributed by atoms with E-state index in [4.69, 9.17) is 4.74 Å². The number of nitrogens with one attached hydrogen (secondary N) is 1. The number of carbonyl (C=O) groups excluding carboxylic acids is 1. The van der Waals surface area contributed by atoms with Crippen LogP contribution in [-0.2, 0) is 10.9 Å². The Balaban J connectivity index is 1.60. The molecule has 10 heteroatoms. The zero-order chi connectivity index (χ0) is 24.7. The first-order chi connectivity index (χ1) is 15.9. The minimum absolute atomic E-state index is 0.0736. The molecule has 0 aliphatic carbocycles. The minimum Gasteiger partial charge on any atom is -0.507 e. The third-order valence-electron chi connectivity index (χ3n) is 5.45. The maximum absolute atomic E-state index is 13.0. The predicted molar refractivity (Wildman–Crippen MR) is 121 cm³/mol. The lowest BCUT2D eigenvalue weighted by Crippen LogP contribution is -2.36. The Morgan fingerprint density at radius 1 is 1.12 bits per heavy atom. The Morgan fingerprint density at radius 3 is 2.47 bits per heavy atom. The van der Waals surface area contributed by atoms with E-state index in [1.807, 2.05) is 32.9 Å². The molecule has 1 fully saturated rings. The quantitative estimate of drug-likeness (QED) is 0.526. The average Bonchev–Trinajstić information content (AvgIpc) is 3.21. The van der Waals surface area contributed by atoms with Gasteiger partial charge in [-0.1, -0.05) is 24.3 Å². The minimum atomic E-state index is -4.56. The van der Waals surface area contributed by atoms with Crippen molar-refractivity contribution in [2.45, 2.75) is 45.0 Å². The number of hydrogen-bond donors (Lipinski definition) is 2. The van der Waals surface area contributed by atoms with Gasteiger partial charge in [0.1, 0.15) is 17.0 Å². The molecule has 0 spiro atoms. The van der Waals surface area contributed by atoms with Crippen molar-refractivity contribution < 1.29 is 27.8 Å². The number of hydrogen-bond acceptors (Lipinski definition) is 6. The summed E-state index contributed by atoms with van der Waals surface area (Å²) in [5, 5.41) is 23.4. The summed E-state index contributed by atoms with van der Waals surface area (Å²) in [6.07, 6.45) is -4.25. The molecule has 7 nitrogen and oxygen atoms in total. The van der Waals surface area contributed by atoms with Crippen molar-refractivity contribution >= 4 is 22.7 Å². The molecule has 1 aliphatic heterocycles. The van der Waals surface area contributed by atoms with Crippen LogP contribution in [0, 0.1) is 0 Å². The summed E-state index contributed by atoms with van der Waals surface area (Å²) in [4.78, 5) is 14.0. The summed E-state index contributed by atoms with van der Waals surface area (Å²) in [5.74, 6) is -0.0411. The molecule has 1 aromatic heterocycles. The number of phenolic OH excluding ortho intramolecular Hbond substituents is 1. The molecule has 1 unspecified atom stereocenters. The zero-order valence-electron chi connectivity index (χ0n) is 19.0.